The lowest BCUT2D eigenvalue weighted by molar-refractivity contribution is -0.152. The van der Waals surface area contributed by atoms with Gasteiger partial charge in [-0.25, -0.2) is 8.42 Å². The molecule has 158 valence electrons. The lowest BCUT2D eigenvalue weighted by Crippen LogP contribution is -2.49. The quantitative estimate of drug-likeness (QED) is 0.471. The number of nitrogens with one attached hydrogen (secondary N) is 2. The zero-order valence-corrected chi connectivity index (χ0v) is 18.2. The van der Waals surface area contributed by atoms with Gasteiger partial charge in [0.2, 0.25) is 10.0 Å². The summed E-state index contributed by atoms with van der Waals surface area (Å²) in [5, 5.41) is 14.4. The molecule has 0 saturated carbocycles. The SMILES string of the molecule is CC(O)C(NS(=O)(=O)c1ccc(Cl)c(Cl)c1)C(=O)OCC(=O)NCc1cccs1. The third kappa shape index (κ3) is 6.95. The number of thiophene rings is 1. The maximum Gasteiger partial charge on any atom is 0.327 e. The molecule has 12 heteroatoms. The van der Waals surface area contributed by atoms with Crippen molar-refractivity contribution in [3.63, 3.8) is 0 Å². The van der Waals surface area contributed by atoms with E-state index in [9.17, 15) is 23.1 Å². The monoisotopic (exact) mass is 480 g/mol. The predicted molar refractivity (Wildman–Crippen MR) is 109 cm³/mol. The summed E-state index contributed by atoms with van der Waals surface area (Å²) < 4.78 is 31.8. The molecule has 1 amide bonds. The van der Waals surface area contributed by atoms with Crippen molar-refractivity contribution < 1.29 is 27.9 Å². The molecule has 29 heavy (non-hydrogen) atoms. The third-order valence-corrected chi connectivity index (χ3v) is 6.66. The van der Waals surface area contributed by atoms with Gasteiger partial charge in [0.05, 0.1) is 27.6 Å². The molecule has 0 aliphatic carbocycles. The molecule has 0 aliphatic heterocycles. The molecule has 2 atom stereocenters. The van der Waals surface area contributed by atoms with E-state index in [1.807, 2.05) is 22.2 Å². The van der Waals surface area contributed by atoms with E-state index in [0.717, 1.165) is 10.9 Å². The summed E-state index contributed by atoms with van der Waals surface area (Å²) >= 11 is 13.0. The first-order chi connectivity index (χ1) is 13.6. The van der Waals surface area contributed by atoms with Crippen LogP contribution in [-0.4, -0.2) is 44.2 Å². The van der Waals surface area contributed by atoms with Crippen LogP contribution in [0.25, 0.3) is 0 Å². The fourth-order valence-electron chi connectivity index (χ4n) is 2.10. The first kappa shape index (κ1) is 23.6. The minimum absolute atomic E-state index is 0.00752. The van der Waals surface area contributed by atoms with E-state index in [-0.39, 0.29) is 21.5 Å². The Hall–Kier alpha value is -1.69. The van der Waals surface area contributed by atoms with Gasteiger partial charge in [-0.05, 0) is 36.6 Å². The number of hydrogen-bond acceptors (Lipinski definition) is 7. The second-order valence-corrected chi connectivity index (χ2v) is 9.44. The number of rotatable bonds is 9. The Labute approximate surface area is 181 Å². The van der Waals surface area contributed by atoms with Crippen LogP contribution in [0.1, 0.15) is 11.8 Å². The van der Waals surface area contributed by atoms with E-state index >= 15 is 0 Å². The lowest BCUT2D eigenvalue weighted by Gasteiger charge is -2.20. The van der Waals surface area contributed by atoms with Crippen LogP contribution in [0.4, 0.5) is 0 Å². The molecule has 2 unspecified atom stereocenters. The molecular formula is C17H18Cl2N2O6S2. The number of esters is 1. The molecule has 3 N–H and O–H groups in total. The average molecular weight is 481 g/mol. The van der Waals surface area contributed by atoms with Gasteiger partial charge < -0.3 is 15.2 Å². The summed E-state index contributed by atoms with van der Waals surface area (Å²) in [6.45, 7) is 0.861. The molecular weight excluding hydrogens is 463 g/mol. The van der Waals surface area contributed by atoms with Gasteiger partial charge in [0.1, 0.15) is 6.04 Å². The van der Waals surface area contributed by atoms with Crippen molar-refractivity contribution in [2.24, 2.45) is 0 Å². The molecule has 0 fully saturated rings. The van der Waals surface area contributed by atoms with Crippen LogP contribution < -0.4 is 10.0 Å². The first-order valence-electron chi connectivity index (χ1n) is 8.21. The summed E-state index contributed by atoms with van der Waals surface area (Å²) in [5.74, 6) is -1.67. The normalized spacial score (nSPS) is 13.5. The number of halogens is 2. The Bertz CT molecular complexity index is 964. The molecule has 1 heterocycles. The maximum atomic E-state index is 12.5. The first-order valence-corrected chi connectivity index (χ1v) is 11.3. The van der Waals surface area contributed by atoms with E-state index in [0.29, 0.717) is 0 Å². The molecule has 2 aromatic rings. The standard InChI is InChI=1S/C17H18Cl2N2O6S2/c1-10(22)16(21-29(25,26)12-4-5-13(18)14(19)7-12)17(24)27-9-15(23)20-8-11-3-2-6-28-11/h2-7,10,16,21-22H,8-9H2,1H3,(H,20,23). The van der Waals surface area contributed by atoms with Crippen molar-refractivity contribution in [1.29, 1.82) is 0 Å². The average Bonchev–Trinajstić information content (AvgIpc) is 3.18. The van der Waals surface area contributed by atoms with Gasteiger partial charge in [0.15, 0.2) is 6.61 Å². The van der Waals surface area contributed by atoms with Crippen molar-refractivity contribution >= 4 is 56.4 Å². The molecule has 0 aliphatic rings. The van der Waals surface area contributed by atoms with Gasteiger partial charge in [-0.3, -0.25) is 9.59 Å². The van der Waals surface area contributed by atoms with Gasteiger partial charge in [-0.1, -0.05) is 29.3 Å². The largest absolute Gasteiger partial charge is 0.454 e. The summed E-state index contributed by atoms with van der Waals surface area (Å²) in [6, 6.07) is 5.62. The van der Waals surface area contributed by atoms with Gasteiger partial charge in [-0.2, -0.15) is 4.72 Å². The molecule has 0 spiro atoms. The van der Waals surface area contributed by atoms with E-state index in [4.69, 9.17) is 27.9 Å². The highest BCUT2D eigenvalue weighted by atomic mass is 35.5. The molecule has 0 radical (unpaired) electrons. The molecule has 1 aromatic carbocycles. The van der Waals surface area contributed by atoms with Crippen LogP contribution in [-0.2, 0) is 30.9 Å². The van der Waals surface area contributed by atoms with Crippen molar-refractivity contribution in [2.75, 3.05) is 6.61 Å². The van der Waals surface area contributed by atoms with Crippen molar-refractivity contribution in [1.82, 2.24) is 10.0 Å². The second kappa shape index (κ2) is 10.4. The summed E-state index contributed by atoms with van der Waals surface area (Å²) in [5.41, 5.74) is 0. The maximum absolute atomic E-state index is 12.5. The molecule has 8 nitrogen and oxygen atoms in total. The molecule has 0 saturated heterocycles. The minimum Gasteiger partial charge on any atom is -0.454 e. The number of aliphatic hydroxyl groups excluding tert-OH is 1. The Morgan fingerprint density at radius 2 is 1.97 bits per heavy atom. The van der Waals surface area contributed by atoms with Crippen molar-refractivity contribution in [3.05, 3.63) is 50.6 Å². The molecule has 2 rings (SSSR count). The summed E-state index contributed by atoms with van der Waals surface area (Å²) in [6.07, 6.45) is -1.42. The van der Waals surface area contributed by atoms with Crippen LogP contribution in [0.3, 0.4) is 0 Å². The van der Waals surface area contributed by atoms with E-state index < -0.39 is 40.7 Å². The van der Waals surface area contributed by atoms with E-state index in [1.54, 1.807) is 0 Å². The number of carbonyl (C=O) groups is 2. The highest BCUT2D eigenvalue weighted by molar-refractivity contribution is 7.89. The number of amides is 1. The second-order valence-electron chi connectivity index (χ2n) is 5.88. The van der Waals surface area contributed by atoms with Gasteiger partial charge in [0, 0.05) is 4.88 Å². The Balaban J connectivity index is 1.97. The zero-order chi connectivity index (χ0) is 21.6. The predicted octanol–water partition coefficient (Wildman–Crippen LogP) is 1.94. The fourth-order valence-corrected chi connectivity index (χ4v) is 4.39. The summed E-state index contributed by atoms with van der Waals surface area (Å²) in [4.78, 5) is 24.7. The van der Waals surface area contributed by atoms with Gasteiger partial charge in [0.25, 0.3) is 5.91 Å². The highest BCUT2D eigenvalue weighted by Gasteiger charge is 2.31. The number of hydrogen-bond donors (Lipinski definition) is 3. The van der Waals surface area contributed by atoms with Gasteiger partial charge in [-0.15, -0.1) is 11.3 Å². The van der Waals surface area contributed by atoms with Gasteiger partial charge >= 0.3 is 5.97 Å². The van der Waals surface area contributed by atoms with E-state index in [2.05, 4.69) is 5.32 Å². The number of sulfonamides is 1. The highest BCUT2D eigenvalue weighted by Crippen LogP contribution is 2.25. The Morgan fingerprint density at radius 3 is 2.55 bits per heavy atom. The lowest BCUT2D eigenvalue weighted by atomic mass is 10.2. The Kier molecular flexibility index (Phi) is 8.44. The van der Waals surface area contributed by atoms with Crippen LogP contribution >= 0.6 is 34.5 Å². The molecule has 0 bridgehead atoms. The van der Waals surface area contributed by atoms with Crippen LogP contribution in [0.2, 0.25) is 10.0 Å². The number of benzene rings is 1. The number of carbonyl (C=O) groups excluding carboxylic acids is 2. The van der Waals surface area contributed by atoms with Crippen LogP contribution in [0, 0.1) is 0 Å². The number of aliphatic hydroxyl groups is 1. The molecule has 1 aromatic heterocycles. The van der Waals surface area contributed by atoms with Crippen molar-refractivity contribution in [3.8, 4) is 0 Å². The topological polar surface area (TPSA) is 122 Å². The van der Waals surface area contributed by atoms with Crippen LogP contribution in [0.15, 0.2) is 40.6 Å². The van der Waals surface area contributed by atoms with Crippen molar-refractivity contribution in [2.45, 2.75) is 30.5 Å². The number of ether oxygens (including phenoxy) is 1. The fraction of sp³-hybridized carbons (Fsp3) is 0.294. The smallest absolute Gasteiger partial charge is 0.327 e. The Morgan fingerprint density at radius 1 is 1.24 bits per heavy atom. The summed E-state index contributed by atoms with van der Waals surface area (Å²) in [7, 11) is -4.22. The minimum atomic E-state index is -4.22. The zero-order valence-electron chi connectivity index (χ0n) is 15.1. The van der Waals surface area contributed by atoms with Crippen LogP contribution in [0.5, 0.6) is 0 Å². The van der Waals surface area contributed by atoms with E-state index in [1.165, 1.54) is 30.4 Å². The third-order valence-electron chi connectivity index (χ3n) is 3.61.